The van der Waals surface area contributed by atoms with E-state index in [0.717, 1.165) is 105 Å². The van der Waals surface area contributed by atoms with E-state index in [4.69, 9.17) is 19.4 Å². The molecular weight excluding hydrogens is 964 g/mol. The maximum Gasteiger partial charge on any atom is 2.00 e. The van der Waals surface area contributed by atoms with Gasteiger partial charge in [-0.1, -0.05) is 174 Å². The van der Waals surface area contributed by atoms with Gasteiger partial charge in [0.15, 0.2) is 0 Å². The average Bonchev–Trinajstić information content (AvgIpc) is 3.87. The van der Waals surface area contributed by atoms with Crippen LogP contribution in [0.4, 0.5) is 17.2 Å². The van der Waals surface area contributed by atoms with Crippen molar-refractivity contribution in [1.29, 1.82) is 0 Å². The normalized spacial score (nSPS) is 12.1. The van der Waals surface area contributed by atoms with Crippen LogP contribution in [0.1, 0.15) is 52.7 Å². The SMILES string of the molecule is CC(C)(C)c1cc(-c2cc(-c3[c-]c(N(c4ccccn4)c4cccc5ccccc45)c4oc5ccccc5c4c3)nc(-c3cccc4c3[n-]c3ccccc34)c2)cc(C(C)(C)C)c1.[Pt+2]. The zero-order valence-corrected chi connectivity index (χ0v) is 39.0. The van der Waals surface area contributed by atoms with Crippen molar-refractivity contribution in [3.05, 3.63) is 187 Å². The molecule has 6 heteroatoms. The van der Waals surface area contributed by atoms with E-state index in [9.17, 15) is 0 Å². The van der Waals surface area contributed by atoms with Crippen molar-refractivity contribution in [3.8, 4) is 33.6 Å². The van der Waals surface area contributed by atoms with Gasteiger partial charge in [0.05, 0.1) is 17.0 Å². The molecule has 64 heavy (non-hydrogen) atoms. The first kappa shape index (κ1) is 41.2. The van der Waals surface area contributed by atoms with Crippen LogP contribution < -0.4 is 9.88 Å². The van der Waals surface area contributed by atoms with Crippen molar-refractivity contribution in [2.45, 2.75) is 52.4 Å². The molecule has 11 rings (SSSR count). The van der Waals surface area contributed by atoms with E-state index in [1.807, 2.05) is 36.5 Å². The molecule has 0 atom stereocenters. The van der Waals surface area contributed by atoms with Gasteiger partial charge in [0.1, 0.15) is 11.4 Å². The first-order valence-corrected chi connectivity index (χ1v) is 21.7. The fourth-order valence-electron chi connectivity index (χ4n) is 8.93. The molecule has 314 valence electrons. The molecule has 0 fully saturated rings. The molecule has 0 spiro atoms. The molecule has 0 N–H and O–H groups in total. The van der Waals surface area contributed by atoms with Crippen molar-refractivity contribution < 1.29 is 25.5 Å². The number of anilines is 3. The van der Waals surface area contributed by atoms with E-state index in [1.165, 1.54) is 11.1 Å². The Morgan fingerprint density at radius 3 is 1.97 bits per heavy atom. The number of nitrogens with zero attached hydrogens (tertiary/aromatic N) is 4. The number of para-hydroxylation sites is 3. The van der Waals surface area contributed by atoms with Gasteiger partial charge in [-0.15, -0.1) is 28.7 Å². The van der Waals surface area contributed by atoms with Crippen molar-refractivity contribution in [2.24, 2.45) is 0 Å². The van der Waals surface area contributed by atoms with Crippen molar-refractivity contribution in [2.75, 3.05) is 4.90 Å². The third kappa shape index (κ3) is 7.18. The van der Waals surface area contributed by atoms with Gasteiger partial charge in [0.2, 0.25) is 0 Å². The van der Waals surface area contributed by atoms with Gasteiger partial charge in [-0.2, -0.15) is 0 Å². The Labute approximate surface area is 388 Å². The van der Waals surface area contributed by atoms with E-state index < -0.39 is 0 Å². The Hall–Kier alpha value is -6.81. The van der Waals surface area contributed by atoms with Gasteiger partial charge in [-0.05, 0) is 90.8 Å². The number of benzene rings is 7. The van der Waals surface area contributed by atoms with Gasteiger partial charge >= 0.3 is 21.1 Å². The molecule has 0 amide bonds. The molecule has 0 aliphatic rings. The Morgan fingerprint density at radius 2 is 1.20 bits per heavy atom. The Kier molecular flexibility index (Phi) is 10.2. The zero-order chi connectivity index (χ0) is 43.0. The first-order valence-electron chi connectivity index (χ1n) is 21.7. The minimum atomic E-state index is -0.0633. The number of aromatic nitrogens is 3. The van der Waals surface area contributed by atoms with E-state index >= 15 is 0 Å². The maximum absolute atomic E-state index is 6.83. The van der Waals surface area contributed by atoms with Crippen LogP contribution in [-0.2, 0) is 31.9 Å². The number of hydrogen-bond acceptors (Lipinski definition) is 4. The van der Waals surface area contributed by atoms with Crippen LogP contribution in [0.15, 0.2) is 174 Å². The van der Waals surface area contributed by atoms with E-state index in [0.29, 0.717) is 0 Å². The summed E-state index contributed by atoms with van der Waals surface area (Å²) in [5, 5.41) is 6.46. The van der Waals surface area contributed by atoms with Crippen LogP contribution in [0.25, 0.3) is 88.2 Å². The van der Waals surface area contributed by atoms with Gasteiger partial charge in [-0.3, -0.25) is 4.98 Å². The van der Waals surface area contributed by atoms with Crippen molar-refractivity contribution in [1.82, 2.24) is 15.0 Å². The molecule has 4 aromatic heterocycles. The van der Waals surface area contributed by atoms with Crippen LogP contribution in [0.5, 0.6) is 0 Å². The molecule has 0 unspecified atom stereocenters. The van der Waals surface area contributed by atoms with Crippen LogP contribution in [0.3, 0.4) is 0 Å². The topological polar surface area (TPSA) is 56.3 Å². The standard InChI is InChI=1S/C58H46N4O.Pt/c1-57(2,3)40-29-37(30-41(35-40)58(4,5)6)38-32-49(60-50(33-38)46-23-16-22-45-43-20-9-11-24-48(43)61-55(45)46)39-31-47-44-21-10-12-26-53(44)63-56(47)52(34-39)62(54-27-13-14-28-59-54)51-25-15-18-36-17-7-8-19-42(36)51;/h7-33,35H,1-6H3;/q-2;+2. The molecule has 11 aromatic rings. The third-order valence-electron chi connectivity index (χ3n) is 12.3. The summed E-state index contributed by atoms with van der Waals surface area (Å²) in [4.78, 5) is 17.9. The zero-order valence-electron chi connectivity index (χ0n) is 36.7. The molecule has 0 saturated carbocycles. The number of rotatable bonds is 6. The molecule has 0 saturated heterocycles. The number of pyridine rings is 2. The summed E-state index contributed by atoms with van der Waals surface area (Å²) >= 11 is 0. The summed E-state index contributed by atoms with van der Waals surface area (Å²) < 4.78 is 6.83. The Bertz CT molecular complexity index is 3510. The second-order valence-electron chi connectivity index (χ2n) is 18.7. The fourth-order valence-corrected chi connectivity index (χ4v) is 8.93. The van der Waals surface area contributed by atoms with Gasteiger partial charge in [0.25, 0.3) is 0 Å². The minimum Gasteiger partial charge on any atom is -0.656 e. The molecule has 0 bridgehead atoms. The molecule has 0 aliphatic carbocycles. The molecule has 7 aromatic carbocycles. The monoisotopic (exact) mass is 1010 g/mol. The summed E-state index contributed by atoms with van der Waals surface area (Å²) in [7, 11) is 0. The van der Waals surface area contributed by atoms with Crippen LogP contribution in [0, 0.1) is 6.07 Å². The first-order chi connectivity index (χ1) is 30.5. The van der Waals surface area contributed by atoms with Crippen LogP contribution in [-0.4, -0.2) is 9.97 Å². The summed E-state index contributed by atoms with van der Waals surface area (Å²) in [5.41, 5.74) is 13.3. The maximum atomic E-state index is 6.83. The smallest absolute Gasteiger partial charge is 0.656 e. The predicted octanol–water partition coefficient (Wildman–Crippen LogP) is 15.7. The minimum absolute atomic E-state index is 0. The number of furan rings is 1. The van der Waals surface area contributed by atoms with Gasteiger partial charge < -0.3 is 14.3 Å². The largest absolute Gasteiger partial charge is 2.00 e. The fraction of sp³-hybridized carbons (Fsp3) is 0.138. The summed E-state index contributed by atoms with van der Waals surface area (Å²) in [6, 6.07) is 61.7. The molecule has 0 radical (unpaired) electrons. The quantitative estimate of drug-likeness (QED) is 0.155. The van der Waals surface area contributed by atoms with E-state index in [1.54, 1.807) is 0 Å². The Morgan fingerprint density at radius 1 is 0.562 bits per heavy atom. The summed E-state index contributed by atoms with van der Waals surface area (Å²) in [6.07, 6.45) is 1.84. The van der Waals surface area contributed by atoms with Gasteiger partial charge in [0, 0.05) is 22.7 Å². The van der Waals surface area contributed by atoms with Gasteiger partial charge in [-0.25, -0.2) is 4.98 Å². The Balaban J connectivity index is 0.00000484. The second kappa shape index (κ2) is 15.8. The summed E-state index contributed by atoms with van der Waals surface area (Å²) in [6.45, 7) is 13.7. The third-order valence-corrected chi connectivity index (χ3v) is 12.3. The van der Waals surface area contributed by atoms with Crippen molar-refractivity contribution >= 4 is 71.7 Å². The number of hydrogen-bond donors (Lipinski definition) is 0. The predicted molar refractivity (Wildman–Crippen MR) is 262 cm³/mol. The number of fused-ring (bicyclic) bond motifs is 7. The van der Waals surface area contributed by atoms with Crippen LogP contribution in [0.2, 0.25) is 0 Å². The van der Waals surface area contributed by atoms with Crippen LogP contribution >= 0.6 is 0 Å². The molecule has 5 nitrogen and oxygen atoms in total. The molecular formula is C58H46N4OPt. The summed E-state index contributed by atoms with van der Waals surface area (Å²) in [5.74, 6) is 0.751. The second-order valence-corrected chi connectivity index (χ2v) is 18.7. The molecule has 0 aliphatic heterocycles. The molecule has 4 heterocycles. The van der Waals surface area contributed by atoms with E-state index in [-0.39, 0.29) is 31.9 Å². The average molecular weight is 1010 g/mol. The van der Waals surface area contributed by atoms with E-state index in [2.05, 4.69) is 186 Å². The van der Waals surface area contributed by atoms with Crippen molar-refractivity contribution in [3.63, 3.8) is 0 Å².